The largest absolute Gasteiger partial charge is 0.465 e. The maximum atomic E-state index is 13.2. The molecule has 5 heteroatoms. The first-order valence-electron chi connectivity index (χ1n) is 9.56. The molecule has 26 heavy (non-hydrogen) atoms. The molecule has 1 spiro atoms. The van der Waals surface area contributed by atoms with E-state index in [2.05, 4.69) is 23.1 Å². The number of benzene rings is 1. The van der Waals surface area contributed by atoms with E-state index < -0.39 is 6.09 Å². The van der Waals surface area contributed by atoms with Gasteiger partial charge in [0, 0.05) is 31.1 Å². The van der Waals surface area contributed by atoms with Crippen molar-refractivity contribution in [2.45, 2.75) is 50.6 Å². The molecular formula is C21H26N2O3. The maximum Gasteiger partial charge on any atom is 0.407 e. The Morgan fingerprint density at radius 2 is 2.00 bits per heavy atom. The summed E-state index contributed by atoms with van der Waals surface area (Å²) in [5.74, 6) is 0.768. The maximum absolute atomic E-state index is 13.2. The van der Waals surface area contributed by atoms with E-state index >= 15 is 0 Å². The minimum absolute atomic E-state index is 0.0805. The summed E-state index contributed by atoms with van der Waals surface area (Å²) in [4.78, 5) is 28.2. The van der Waals surface area contributed by atoms with Crippen LogP contribution in [0.4, 0.5) is 4.79 Å². The van der Waals surface area contributed by atoms with Crippen LogP contribution < -0.4 is 0 Å². The van der Waals surface area contributed by atoms with Crippen molar-refractivity contribution in [3.63, 3.8) is 0 Å². The molecule has 138 valence electrons. The van der Waals surface area contributed by atoms with Crippen LogP contribution in [-0.2, 0) is 11.2 Å². The van der Waals surface area contributed by atoms with Crippen LogP contribution in [-0.4, -0.2) is 51.6 Å². The van der Waals surface area contributed by atoms with E-state index in [0.29, 0.717) is 31.7 Å². The molecule has 1 saturated heterocycles. The molecule has 1 N–H and O–H groups in total. The van der Waals surface area contributed by atoms with Crippen molar-refractivity contribution < 1.29 is 14.7 Å². The van der Waals surface area contributed by atoms with Crippen molar-refractivity contribution >= 4 is 12.0 Å². The lowest BCUT2D eigenvalue weighted by molar-refractivity contribution is -0.131. The van der Waals surface area contributed by atoms with Crippen LogP contribution in [0.25, 0.3) is 0 Å². The van der Waals surface area contributed by atoms with Crippen LogP contribution in [0.15, 0.2) is 42.0 Å². The fourth-order valence-corrected chi connectivity index (χ4v) is 4.52. The van der Waals surface area contributed by atoms with E-state index in [1.165, 1.54) is 17.7 Å². The molecule has 2 fully saturated rings. The van der Waals surface area contributed by atoms with Gasteiger partial charge in [-0.3, -0.25) is 4.79 Å². The van der Waals surface area contributed by atoms with Gasteiger partial charge >= 0.3 is 6.09 Å². The minimum atomic E-state index is -0.862. The molecule has 1 aromatic carbocycles. The molecule has 4 rings (SSSR count). The lowest BCUT2D eigenvalue weighted by Gasteiger charge is -2.46. The van der Waals surface area contributed by atoms with Gasteiger partial charge < -0.3 is 14.9 Å². The molecule has 3 aliphatic rings. The fraction of sp³-hybridized carbons (Fsp3) is 0.524. The molecule has 0 bridgehead atoms. The summed E-state index contributed by atoms with van der Waals surface area (Å²) < 4.78 is 0. The molecule has 2 aliphatic heterocycles. The van der Waals surface area contributed by atoms with Crippen LogP contribution in [0.5, 0.6) is 0 Å². The van der Waals surface area contributed by atoms with E-state index in [1.54, 1.807) is 0 Å². The van der Waals surface area contributed by atoms with Gasteiger partial charge in [0.2, 0.25) is 0 Å². The lowest BCUT2D eigenvalue weighted by atomic mass is 9.82. The van der Waals surface area contributed by atoms with Crippen molar-refractivity contribution in [3.8, 4) is 0 Å². The summed E-state index contributed by atoms with van der Waals surface area (Å²) in [6, 6.07) is 10.0. The Kier molecular flexibility index (Phi) is 4.25. The Balaban J connectivity index is 1.61. The number of carbonyl (C=O) groups excluding carboxylic acids is 1. The van der Waals surface area contributed by atoms with Crippen LogP contribution in [0.2, 0.25) is 0 Å². The molecule has 1 aliphatic carbocycles. The SMILES string of the molecule is C[C@H]1C[C@@]2(C=C(Cc3ccccc3)C(=O)N2CC2CC2)CCN1C(=O)O. The van der Waals surface area contributed by atoms with E-state index in [4.69, 9.17) is 0 Å². The van der Waals surface area contributed by atoms with Gasteiger partial charge in [0.1, 0.15) is 0 Å². The zero-order valence-electron chi connectivity index (χ0n) is 15.2. The summed E-state index contributed by atoms with van der Waals surface area (Å²) in [7, 11) is 0. The number of rotatable bonds is 4. The Labute approximate surface area is 154 Å². The second-order valence-electron chi connectivity index (χ2n) is 8.07. The van der Waals surface area contributed by atoms with Crippen molar-refractivity contribution in [3.05, 3.63) is 47.5 Å². The quantitative estimate of drug-likeness (QED) is 0.902. The molecule has 5 nitrogen and oxygen atoms in total. The van der Waals surface area contributed by atoms with Crippen molar-refractivity contribution in [1.82, 2.24) is 9.80 Å². The highest BCUT2D eigenvalue weighted by Crippen LogP contribution is 2.43. The molecule has 0 aromatic heterocycles. The summed E-state index contributed by atoms with van der Waals surface area (Å²) in [5, 5.41) is 9.39. The molecule has 1 aromatic rings. The smallest absolute Gasteiger partial charge is 0.407 e. The van der Waals surface area contributed by atoms with Crippen LogP contribution in [0.3, 0.4) is 0 Å². The van der Waals surface area contributed by atoms with Gasteiger partial charge in [-0.1, -0.05) is 30.3 Å². The minimum Gasteiger partial charge on any atom is -0.465 e. The van der Waals surface area contributed by atoms with Gasteiger partial charge in [-0.25, -0.2) is 4.79 Å². The second kappa shape index (κ2) is 6.45. The van der Waals surface area contributed by atoms with E-state index in [1.807, 2.05) is 25.1 Å². The molecule has 0 radical (unpaired) electrons. The number of hydrogen-bond acceptors (Lipinski definition) is 2. The third-order valence-corrected chi connectivity index (χ3v) is 6.09. The number of hydrogen-bond donors (Lipinski definition) is 1. The van der Waals surface area contributed by atoms with Gasteiger partial charge in [0.05, 0.1) is 5.54 Å². The predicted molar refractivity (Wildman–Crippen MR) is 98.8 cm³/mol. The first-order valence-corrected chi connectivity index (χ1v) is 9.56. The Bertz CT molecular complexity index is 741. The van der Waals surface area contributed by atoms with Crippen molar-refractivity contribution in [2.24, 2.45) is 5.92 Å². The summed E-state index contributed by atoms with van der Waals surface area (Å²) in [6.45, 7) is 3.26. The molecule has 2 amide bonds. The lowest BCUT2D eigenvalue weighted by Crippen LogP contribution is -2.57. The second-order valence-corrected chi connectivity index (χ2v) is 8.07. The van der Waals surface area contributed by atoms with Gasteiger partial charge in [0.25, 0.3) is 5.91 Å². The van der Waals surface area contributed by atoms with Crippen molar-refractivity contribution in [2.75, 3.05) is 13.1 Å². The predicted octanol–water partition coefficient (Wildman–Crippen LogP) is 3.31. The summed E-state index contributed by atoms with van der Waals surface area (Å²) in [5.41, 5.74) is 1.70. The first-order chi connectivity index (χ1) is 12.5. The third-order valence-electron chi connectivity index (χ3n) is 6.09. The number of piperidine rings is 1. The molecule has 2 atom stereocenters. The highest BCUT2D eigenvalue weighted by Gasteiger charge is 2.50. The Hall–Kier alpha value is -2.30. The van der Waals surface area contributed by atoms with E-state index in [-0.39, 0.29) is 17.5 Å². The zero-order valence-corrected chi connectivity index (χ0v) is 15.2. The van der Waals surface area contributed by atoms with Crippen LogP contribution in [0, 0.1) is 5.92 Å². The van der Waals surface area contributed by atoms with E-state index in [9.17, 15) is 14.7 Å². The fourth-order valence-electron chi connectivity index (χ4n) is 4.52. The first kappa shape index (κ1) is 17.1. The summed E-state index contributed by atoms with van der Waals surface area (Å²) in [6.07, 6.45) is 5.74. The Morgan fingerprint density at radius 3 is 2.62 bits per heavy atom. The van der Waals surface area contributed by atoms with E-state index in [0.717, 1.165) is 17.7 Å². The molecule has 1 saturated carbocycles. The standard InChI is InChI=1S/C21H26N2O3/c1-15-12-21(9-10-22(15)20(25)26)13-18(11-16-5-3-2-4-6-16)19(24)23(21)14-17-7-8-17/h2-6,13,15,17H,7-12,14H2,1H3,(H,25,26)/t15-,21+/m0/s1. The number of likely N-dealkylation sites (tertiary alicyclic amines) is 1. The highest BCUT2D eigenvalue weighted by molar-refractivity contribution is 5.97. The summed E-state index contributed by atoms with van der Waals surface area (Å²) >= 11 is 0. The number of carbonyl (C=O) groups is 2. The van der Waals surface area contributed by atoms with Crippen molar-refractivity contribution in [1.29, 1.82) is 0 Å². The Morgan fingerprint density at radius 1 is 1.27 bits per heavy atom. The molecular weight excluding hydrogens is 328 g/mol. The number of carboxylic acid groups (broad SMARTS) is 1. The highest BCUT2D eigenvalue weighted by atomic mass is 16.4. The van der Waals surface area contributed by atoms with Crippen LogP contribution >= 0.6 is 0 Å². The topological polar surface area (TPSA) is 60.9 Å². The monoisotopic (exact) mass is 354 g/mol. The third kappa shape index (κ3) is 3.11. The average Bonchev–Trinajstić information content (AvgIpc) is 3.39. The van der Waals surface area contributed by atoms with Gasteiger partial charge in [-0.05, 0) is 50.2 Å². The molecule has 2 heterocycles. The number of amides is 2. The number of nitrogens with zero attached hydrogens (tertiary/aromatic N) is 2. The van der Waals surface area contributed by atoms with Gasteiger partial charge in [0.15, 0.2) is 0 Å². The van der Waals surface area contributed by atoms with Gasteiger partial charge in [-0.15, -0.1) is 0 Å². The average molecular weight is 354 g/mol. The normalized spacial score (nSPS) is 28.6. The zero-order chi connectivity index (χ0) is 18.3. The molecule has 0 unspecified atom stereocenters. The van der Waals surface area contributed by atoms with Gasteiger partial charge in [-0.2, -0.15) is 0 Å². The van der Waals surface area contributed by atoms with Crippen LogP contribution in [0.1, 0.15) is 38.2 Å².